The monoisotopic (exact) mass is 601 g/mol. The highest BCUT2D eigenvalue weighted by molar-refractivity contribution is 8.00. The third-order valence-electron chi connectivity index (χ3n) is 6.78. The van der Waals surface area contributed by atoms with E-state index in [0.717, 1.165) is 46.2 Å². The molecule has 2 N–H and O–H groups in total. The van der Waals surface area contributed by atoms with Gasteiger partial charge in [0.25, 0.3) is 0 Å². The van der Waals surface area contributed by atoms with Gasteiger partial charge in [-0.05, 0) is 54.6 Å². The molecule has 0 saturated carbocycles. The van der Waals surface area contributed by atoms with Crippen molar-refractivity contribution in [3.63, 3.8) is 0 Å². The second kappa shape index (κ2) is 9.96. The largest absolute Gasteiger partial charge is 0.508 e. The highest BCUT2D eigenvalue weighted by Crippen LogP contribution is 2.54. The number of nitrogens with zero attached hydrogens (tertiary/aromatic N) is 2. The number of halogens is 3. The molecule has 3 amide bonds. The highest BCUT2D eigenvalue weighted by atomic mass is 32.2. The fourth-order valence-corrected chi connectivity index (χ4v) is 7.75. The predicted molar refractivity (Wildman–Crippen MR) is 143 cm³/mol. The Morgan fingerprint density at radius 3 is 2.46 bits per heavy atom. The van der Waals surface area contributed by atoms with Crippen molar-refractivity contribution in [1.29, 1.82) is 0 Å². The second-order valence-electron chi connectivity index (χ2n) is 9.34. The zero-order valence-electron chi connectivity index (χ0n) is 20.6. The second-order valence-corrected chi connectivity index (χ2v) is 11.5. The molecule has 1 fully saturated rings. The number of hydrogen-bond donors (Lipinski definition) is 2. The lowest BCUT2D eigenvalue weighted by atomic mass is 9.87. The number of aromatic hydroxyl groups is 1. The van der Waals surface area contributed by atoms with Crippen molar-refractivity contribution >= 4 is 52.2 Å². The van der Waals surface area contributed by atoms with E-state index in [1.807, 2.05) is 0 Å². The van der Waals surface area contributed by atoms with Gasteiger partial charge in [-0.3, -0.25) is 23.7 Å². The molecule has 3 atom stereocenters. The Morgan fingerprint density at radius 2 is 1.78 bits per heavy atom. The molecule has 2 aliphatic heterocycles. The summed E-state index contributed by atoms with van der Waals surface area (Å²) in [5, 5.41) is 11.3. The van der Waals surface area contributed by atoms with Crippen LogP contribution in [0.4, 0.5) is 24.5 Å². The van der Waals surface area contributed by atoms with Crippen molar-refractivity contribution in [2.75, 3.05) is 10.2 Å². The molecule has 3 unspecified atom stereocenters. The maximum Gasteiger partial charge on any atom is 0.416 e. The third kappa shape index (κ3) is 4.72. The SMILES string of the molecule is O=C(Cn1c2c(sc1=O)C(c1ccco1)C1C(=O)N(c3cccc(C(F)(F)F)c3)C(=O)C1S2)Nc1ccc(O)cc1. The number of thiazole rings is 1. The number of hydrogen-bond acceptors (Lipinski definition) is 8. The van der Waals surface area contributed by atoms with Gasteiger partial charge in [-0.1, -0.05) is 29.2 Å². The minimum atomic E-state index is -4.68. The molecule has 4 heterocycles. The lowest BCUT2D eigenvalue weighted by Crippen LogP contribution is -2.32. The Labute approximate surface area is 237 Å². The highest BCUT2D eigenvalue weighted by Gasteiger charge is 2.57. The number of aromatic nitrogens is 1. The lowest BCUT2D eigenvalue weighted by Gasteiger charge is -2.29. The van der Waals surface area contributed by atoms with E-state index in [4.69, 9.17) is 4.42 Å². The van der Waals surface area contributed by atoms with E-state index in [1.54, 1.807) is 12.1 Å². The molecule has 1 saturated heterocycles. The van der Waals surface area contributed by atoms with Gasteiger partial charge in [-0.25, -0.2) is 4.90 Å². The average molecular weight is 602 g/mol. The Morgan fingerprint density at radius 1 is 1.02 bits per heavy atom. The van der Waals surface area contributed by atoms with Gasteiger partial charge in [0.1, 0.15) is 23.3 Å². The summed E-state index contributed by atoms with van der Waals surface area (Å²) in [5.41, 5.74) is -0.829. The standard InChI is InChI=1S/C27H18F3N3O6S2/c28-27(29,30)13-3-1-4-15(11-13)33-23(36)20-19(17-5-2-10-39-17)22-25(40-21(20)24(33)37)32(26(38)41-22)12-18(35)31-14-6-8-16(34)9-7-14/h1-11,19-21,34H,12H2,(H,31,35). The molecular formula is C27H18F3N3O6S2. The number of imide groups is 1. The molecule has 41 heavy (non-hydrogen) atoms. The molecule has 210 valence electrons. The zero-order chi connectivity index (χ0) is 29.1. The normalized spacial score (nSPS) is 20.2. The number of alkyl halides is 3. The Kier molecular flexibility index (Phi) is 6.53. The summed E-state index contributed by atoms with van der Waals surface area (Å²) in [6, 6.07) is 12.9. The van der Waals surface area contributed by atoms with E-state index in [9.17, 15) is 37.5 Å². The van der Waals surface area contributed by atoms with Gasteiger partial charge >= 0.3 is 11.0 Å². The van der Waals surface area contributed by atoms with Crippen LogP contribution < -0.4 is 15.1 Å². The molecule has 2 aromatic carbocycles. The summed E-state index contributed by atoms with van der Waals surface area (Å²) in [4.78, 5) is 54.0. The van der Waals surface area contributed by atoms with Crippen LogP contribution >= 0.6 is 23.1 Å². The third-order valence-corrected chi connectivity index (χ3v) is 9.39. The van der Waals surface area contributed by atoms with E-state index in [-0.39, 0.29) is 11.4 Å². The van der Waals surface area contributed by atoms with Crippen molar-refractivity contribution in [2.24, 2.45) is 5.92 Å². The molecule has 0 radical (unpaired) electrons. The molecule has 4 aromatic rings. The number of furan rings is 1. The molecule has 6 rings (SSSR count). The number of benzene rings is 2. The number of carbonyl (C=O) groups excluding carboxylic acids is 3. The molecule has 2 aliphatic rings. The number of rotatable bonds is 5. The van der Waals surface area contributed by atoms with E-state index in [0.29, 0.717) is 21.4 Å². The Balaban J connectivity index is 1.38. The van der Waals surface area contributed by atoms with Crippen molar-refractivity contribution in [3.05, 3.63) is 92.8 Å². The molecule has 9 nitrogen and oxygen atoms in total. The number of phenolic OH excluding ortho intramolecular Hbond substituents is 1. The summed E-state index contributed by atoms with van der Waals surface area (Å²) in [6.07, 6.45) is -3.30. The van der Waals surface area contributed by atoms with Crippen LogP contribution in [0.15, 0.2) is 81.2 Å². The first-order valence-corrected chi connectivity index (χ1v) is 13.8. The maximum atomic E-state index is 13.7. The minimum absolute atomic E-state index is 0.0102. The van der Waals surface area contributed by atoms with Gasteiger partial charge in [0, 0.05) is 5.69 Å². The molecule has 0 aliphatic carbocycles. The number of nitrogens with one attached hydrogen (secondary N) is 1. The van der Waals surface area contributed by atoms with Gasteiger partial charge in [0.15, 0.2) is 0 Å². The summed E-state index contributed by atoms with van der Waals surface area (Å²) in [7, 11) is 0. The summed E-state index contributed by atoms with van der Waals surface area (Å²) >= 11 is 1.74. The first kappa shape index (κ1) is 26.9. The first-order chi connectivity index (χ1) is 19.5. The summed E-state index contributed by atoms with van der Waals surface area (Å²) in [5.74, 6) is -3.61. The van der Waals surface area contributed by atoms with Crippen LogP contribution in [0.1, 0.15) is 22.1 Å². The average Bonchev–Trinajstić information content (AvgIpc) is 3.62. The molecule has 14 heteroatoms. The van der Waals surface area contributed by atoms with Gasteiger partial charge in [-0.15, -0.1) is 0 Å². The van der Waals surface area contributed by atoms with Gasteiger partial charge in [0.2, 0.25) is 17.7 Å². The molecule has 0 bridgehead atoms. The Hall–Kier alpha value is -4.30. The van der Waals surface area contributed by atoms with Crippen LogP contribution in [-0.2, 0) is 27.1 Å². The predicted octanol–water partition coefficient (Wildman–Crippen LogP) is 4.66. The fourth-order valence-electron chi connectivity index (χ4n) is 4.99. The van der Waals surface area contributed by atoms with Crippen LogP contribution in [0.25, 0.3) is 0 Å². The van der Waals surface area contributed by atoms with Crippen molar-refractivity contribution in [2.45, 2.75) is 28.9 Å². The van der Waals surface area contributed by atoms with Crippen molar-refractivity contribution in [3.8, 4) is 5.75 Å². The van der Waals surface area contributed by atoms with Gasteiger partial charge in [0.05, 0.1) is 39.3 Å². The van der Waals surface area contributed by atoms with Crippen LogP contribution in [-0.4, -0.2) is 32.6 Å². The summed E-state index contributed by atoms with van der Waals surface area (Å²) < 4.78 is 47.0. The fraction of sp³-hybridized carbons (Fsp3) is 0.185. The smallest absolute Gasteiger partial charge is 0.416 e. The number of carbonyl (C=O) groups is 3. The number of fused-ring (bicyclic) bond motifs is 2. The first-order valence-electron chi connectivity index (χ1n) is 12.1. The van der Waals surface area contributed by atoms with Gasteiger partial charge < -0.3 is 14.8 Å². The van der Waals surface area contributed by atoms with E-state index >= 15 is 0 Å². The summed E-state index contributed by atoms with van der Waals surface area (Å²) in [6.45, 7) is -0.402. The van der Waals surface area contributed by atoms with E-state index < -0.39 is 58.0 Å². The van der Waals surface area contributed by atoms with Crippen molar-refractivity contribution < 1.29 is 37.1 Å². The molecular weight excluding hydrogens is 583 g/mol. The number of phenols is 1. The van der Waals surface area contributed by atoms with Crippen molar-refractivity contribution in [1.82, 2.24) is 4.57 Å². The molecule has 0 spiro atoms. The van der Waals surface area contributed by atoms with Crippen LogP contribution in [0.3, 0.4) is 0 Å². The topological polar surface area (TPSA) is 122 Å². The minimum Gasteiger partial charge on any atom is -0.508 e. The Bertz CT molecular complexity index is 1730. The van der Waals surface area contributed by atoms with Crippen LogP contribution in [0.2, 0.25) is 0 Å². The quantitative estimate of drug-likeness (QED) is 0.252. The maximum absolute atomic E-state index is 13.7. The van der Waals surface area contributed by atoms with Crippen LogP contribution in [0.5, 0.6) is 5.75 Å². The van der Waals surface area contributed by atoms with Gasteiger partial charge in [-0.2, -0.15) is 13.2 Å². The zero-order valence-corrected chi connectivity index (χ0v) is 22.3. The van der Waals surface area contributed by atoms with E-state index in [2.05, 4.69) is 5.32 Å². The number of thioether (sulfide) groups is 1. The van der Waals surface area contributed by atoms with Crippen LogP contribution in [0, 0.1) is 5.92 Å². The number of anilines is 2. The molecule has 2 aromatic heterocycles. The number of amides is 3. The lowest BCUT2D eigenvalue weighted by molar-refractivity contribution is -0.137. The van der Waals surface area contributed by atoms with E-state index in [1.165, 1.54) is 41.2 Å².